The van der Waals surface area contributed by atoms with Gasteiger partial charge in [-0.1, -0.05) is 13.0 Å². The van der Waals surface area contributed by atoms with E-state index in [-0.39, 0.29) is 18.1 Å². The second kappa shape index (κ2) is 6.17. The molecule has 98 valence electrons. The number of methoxy groups -OCH3 is 1. The lowest BCUT2D eigenvalue weighted by Crippen LogP contribution is -2.45. The summed E-state index contributed by atoms with van der Waals surface area (Å²) in [6, 6.07) is -0.0773. The summed E-state index contributed by atoms with van der Waals surface area (Å²) in [5, 5.41) is 9.71. The van der Waals surface area contributed by atoms with Gasteiger partial charge in [0.15, 0.2) is 0 Å². The predicted molar refractivity (Wildman–Crippen MR) is 66.6 cm³/mol. The van der Waals surface area contributed by atoms with Gasteiger partial charge in [-0.2, -0.15) is 0 Å². The van der Waals surface area contributed by atoms with Crippen molar-refractivity contribution in [3.05, 3.63) is 12.7 Å². The third kappa shape index (κ3) is 3.30. The Balaban J connectivity index is 2.72. The Morgan fingerprint density at radius 3 is 2.82 bits per heavy atom. The van der Waals surface area contributed by atoms with Crippen LogP contribution in [-0.2, 0) is 9.53 Å². The first-order valence-corrected chi connectivity index (χ1v) is 6.13. The van der Waals surface area contributed by atoms with Crippen LogP contribution in [0.25, 0.3) is 0 Å². The summed E-state index contributed by atoms with van der Waals surface area (Å²) in [5.74, 6) is 0.157. The van der Waals surface area contributed by atoms with Gasteiger partial charge in [-0.05, 0) is 19.3 Å². The topological polar surface area (TPSA) is 49.8 Å². The molecule has 4 nitrogen and oxygen atoms in total. The van der Waals surface area contributed by atoms with Crippen LogP contribution in [0.2, 0.25) is 0 Å². The van der Waals surface area contributed by atoms with Crippen molar-refractivity contribution in [3.63, 3.8) is 0 Å². The number of ether oxygens (including phenoxy) is 1. The molecule has 0 amide bonds. The molecular formula is C13H23NO3. The van der Waals surface area contributed by atoms with Gasteiger partial charge >= 0.3 is 5.97 Å². The molecule has 4 heteroatoms. The zero-order chi connectivity index (χ0) is 13.0. The van der Waals surface area contributed by atoms with Crippen LogP contribution in [0, 0.1) is 5.92 Å². The predicted octanol–water partition coefficient (Wildman–Crippen LogP) is 1.20. The summed E-state index contributed by atoms with van der Waals surface area (Å²) >= 11 is 0. The SMILES string of the molecule is C=CC[C@@H](C)[C@@H](C)N1C[C@@H](O)C[C@H]1C(=O)OC. The van der Waals surface area contributed by atoms with E-state index >= 15 is 0 Å². The second-order valence-corrected chi connectivity index (χ2v) is 4.87. The highest BCUT2D eigenvalue weighted by atomic mass is 16.5. The van der Waals surface area contributed by atoms with Crippen molar-refractivity contribution in [2.24, 2.45) is 5.92 Å². The van der Waals surface area contributed by atoms with Crippen LogP contribution in [0.3, 0.4) is 0 Å². The molecule has 0 aliphatic carbocycles. The quantitative estimate of drug-likeness (QED) is 0.580. The third-order valence-corrected chi connectivity index (χ3v) is 3.68. The van der Waals surface area contributed by atoms with E-state index in [1.807, 2.05) is 11.0 Å². The first-order valence-electron chi connectivity index (χ1n) is 6.13. The molecular weight excluding hydrogens is 218 g/mol. The third-order valence-electron chi connectivity index (χ3n) is 3.68. The largest absolute Gasteiger partial charge is 0.468 e. The van der Waals surface area contributed by atoms with Gasteiger partial charge in [-0.3, -0.25) is 9.69 Å². The van der Waals surface area contributed by atoms with Crippen LogP contribution in [-0.4, -0.2) is 47.8 Å². The van der Waals surface area contributed by atoms with Crippen molar-refractivity contribution in [2.45, 2.75) is 44.9 Å². The summed E-state index contributed by atoms with van der Waals surface area (Å²) < 4.78 is 4.79. The van der Waals surface area contributed by atoms with Gasteiger partial charge < -0.3 is 9.84 Å². The van der Waals surface area contributed by atoms with E-state index < -0.39 is 6.10 Å². The second-order valence-electron chi connectivity index (χ2n) is 4.87. The van der Waals surface area contributed by atoms with Gasteiger partial charge in [0.25, 0.3) is 0 Å². The van der Waals surface area contributed by atoms with Crippen molar-refractivity contribution in [2.75, 3.05) is 13.7 Å². The normalized spacial score (nSPS) is 28.7. The number of rotatable bonds is 5. The maximum Gasteiger partial charge on any atom is 0.323 e. The van der Waals surface area contributed by atoms with E-state index in [1.165, 1.54) is 7.11 Å². The lowest BCUT2D eigenvalue weighted by atomic mass is 9.98. The monoisotopic (exact) mass is 241 g/mol. The molecule has 1 aliphatic rings. The van der Waals surface area contributed by atoms with Crippen molar-refractivity contribution < 1.29 is 14.6 Å². The number of carbonyl (C=O) groups excluding carboxylic acids is 1. The molecule has 0 bridgehead atoms. The van der Waals surface area contributed by atoms with Gasteiger partial charge in [0.1, 0.15) is 6.04 Å². The molecule has 1 rings (SSSR count). The highest BCUT2D eigenvalue weighted by Gasteiger charge is 2.40. The summed E-state index contributed by atoms with van der Waals surface area (Å²) in [7, 11) is 1.39. The smallest absolute Gasteiger partial charge is 0.323 e. The molecule has 1 fully saturated rings. The van der Waals surface area contributed by atoms with E-state index in [4.69, 9.17) is 4.74 Å². The maximum atomic E-state index is 11.7. The Labute approximate surface area is 103 Å². The summed E-state index contributed by atoms with van der Waals surface area (Å²) in [5.41, 5.74) is 0. The van der Waals surface area contributed by atoms with E-state index in [0.717, 1.165) is 6.42 Å². The number of aliphatic hydroxyl groups excluding tert-OH is 1. The van der Waals surface area contributed by atoms with Crippen LogP contribution in [0.15, 0.2) is 12.7 Å². The van der Waals surface area contributed by atoms with E-state index in [9.17, 15) is 9.90 Å². The number of β-amino-alcohol motifs (C(OH)–C–C–N with tert-alkyl or cyclic N) is 1. The molecule has 0 aromatic heterocycles. The molecule has 1 saturated heterocycles. The van der Waals surface area contributed by atoms with Gasteiger partial charge in [0.2, 0.25) is 0 Å². The number of allylic oxidation sites excluding steroid dienone is 1. The Kier molecular flexibility index (Phi) is 5.15. The molecule has 0 aromatic rings. The van der Waals surface area contributed by atoms with Gasteiger partial charge in [-0.15, -0.1) is 6.58 Å². The summed E-state index contributed by atoms with van der Waals surface area (Å²) in [4.78, 5) is 13.7. The minimum atomic E-state index is -0.433. The Hall–Kier alpha value is -0.870. The molecule has 17 heavy (non-hydrogen) atoms. The number of likely N-dealkylation sites (tertiary alicyclic amines) is 1. The minimum Gasteiger partial charge on any atom is -0.468 e. The first-order chi connectivity index (χ1) is 8.01. The maximum absolute atomic E-state index is 11.7. The van der Waals surface area contributed by atoms with Crippen molar-refractivity contribution >= 4 is 5.97 Å². The Morgan fingerprint density at radius 2 is 2.29 bits per heavy atom. The van der Waals surface area contributed by atoms with Gasteiger partial charge in [0.05, 0.1) is 13.2 Å². The zero-order valence-electron chi connectivity index (χ0n) is 10.9. The molecule has 0 unspecified atom stereocenters. The fraction of sp³-hybridized carbons (Fsp3) is 0.769. The van der Waals surface area contributed by atoms with Crippen molar-refractivity contribution in [3.8, 4) is 0 Å². The molecule has 1 heterocycles. The van der Waals surface area contributed by atoms with Crippen LogP contribution >= 0.6 is 0 Å². The number of carbonyl (C=O) groups is 1. The van der Waals surface area contributed by atoms with Crippen LogP contribution in [0.4, 0.5) is 0 Å². The molecule has 0 aromatic carbocycles. The van der Waals surface area contributed by atoms with Crippen LogP contribution in [0.1, 0.15) is 26.7 Å². The highest BCUT2D eigenvalue weighted by Crippen LogP contribution is 2.26. The molecule has 0 spiro atoms. The molecule has 0 radical (unpaired) electrons. The average Bonchev–Trinajstić information content (AvgIpc) is 2.69. The minimum absolute atomic E-state index is 0.231. The highest BCUT2D eigenvalue weighted by molar-refractivity contribution is 5.76. The van der Waals surface area contributed by atoms with Crippen molar-refractivity contribution in [1.82, 2.24) is 4.90 Å². The summed E-state index contributed by atoms with van der Waals surface area (Å²) in [6.07, 6.45) is 2.83. The van der Waals surface area contributed by atoms with E-state index in [2.05, 4.69) is 20.4 Å². The fourth-order valence-corrected chi connectivity index (χ4v) is 2.44. The van der Waals surface area contributed by atoms with E-state index in [0.29, 0.717) is 18.9 Å². The number of esters is 1. The number of nitrogens with zero attached hydrogens (tertiary/aromatic N) is 1. The lowest BCUT2D eigenvalue weighted by Gasteiger charge is -2.32. The molecule has 0 saturated carbocycles. The van der Waals surface area contributed by atoms with E-state index in [1.54, 1.807) is 0 Å². The Bertz CT molecular complexity index is 280. The first kappa shape index (κ1) is 14.2. The lowest BCUT2D eigenvalue weighted by molar-refractivity contribution is -0.146. The molecule has 4 atom stereocenters. The van der Waals surface area contributed by atoms with Crippen LogP contribution in [0.5, 0.6) is 0 Å². The standard InChI is InChI=1S/C13H23NO3/c1-5-6-9(2)10(3)14-8-11(15)7-12(14)13(16)17-4/h5,9-12,15H,1,6-8H2,2-4H3/t9-,10-,11+,12+/m1/s1. The zero-order valence-corrected chi connectivity index (χ0v) is 10.9. The number of hydrogen-bond acceptors (Lipinski definition) is 4. The summed E-state index contributed by atoms with van der Waals surface area (Å²) in [6.45, 7) is 8.50. The number of hydrogen-bond donors (Lipinski definition) is 1. The van der Waals surface area contributed by atoms with Gasteiger partial charge in [-0.25, -0.2) is 0 Å². The number of aliphatic hydroxyl groups is 1. The van der Waals surface area contributed by atoms with Crippen molar-refractivity contribution in [1.29, 1.82) is 0 Å². The fourth-order valence-electron chi connectivity index (χ4n) is 2.44. The molecule has 1 N–H and O–H groups in total. The molecule has 1 aliphatic heterocycles. The Morgan fingerprint density at radius 1 is 1.65 bits per heavy atom. The average molecular weight is 241 g/mol. The van der Waals surface area contributed by atoms with Crippen LogP contribution < -0.4 is 0 Å². The van der Waals surface area contributed by atoms with Gasteiger partial charge in [0, 0.05) is 19.0 Å².